The van der Waals surface area contributed by atoms with Crippen LogP contribution in [0.3, 0.4) is 0 Å². The van der Waals surface area contributed by atoms with Crippen molar-refractivity contribution in [1.82, 2.24) is 5.32 Å². The summed E-state index contributed by atoms with van der Waals surface area (Å²) in [6.45, 7) is -0.377. The molecule has 1 aromatic heterocycles. The van der Waals surface area contributed by atoms with Gasteiger partial charge in [0, 0.05) is 22.7 Å². The van der Waals surface area contributed by atoms with Crippen LogP contribution in [0.15, 0.2) is 57.7 Å². The van der Waals surface area contributed by atoms with Gasteiger partial charge in [0.15, 0.2) is 12.0 Å². The van der Waals surface area contributed by atoms with Crippen LogP contribution in [0, 0.1) is 0 Å². The largest absolute Gasteiger partial charge is 0.450 e. The Morgan fingerprint density at radius 1 is 1.07 bits per heavy atom. The van der Waals surface area contributed by atoms with Gasteiger partial charge in [-0.3, -0.25) is 9.59 Å². The van der Waals surface area contributed by atoms with E-state index in [0.29, 0.717) is 21.0 Å². The van der Waals surface area contributed by atoms with Crippen molar-refractivity contribution in [2.75, 3.05) is 6.61 Å². The Kier molecular flexibility index (Phi) is 5.78. The van der Waals surface area contributed by atoms with Crippen LogP contribution in [-0.4, -0.2) is 18.5 Å². The number of fused-ring (bicyclic) bond motifs is 1. The molecule has 0 bridgehead atoms. The molecule has 27 heavy (non-hydrogen) atoms. The van der Waals surface area contributed by atoms with Crippen molar-refractivity contribution < 1.29 is 18.7 Å². The molecule has 1 amide bonds. The molecule has 0 aliphatic carbocycles. The summed E-state index contributed by atoms with van der Waals surface area (Å²) in [6.07, 6.45) is 0. The number of nitrogens with one attached hydrogen (secondary N) is 1. The lowest BCUT2D eigenvalue weighted by molar-refractivity contribution is -0.124. The van der Waals surface area contributed by atoms with Crippen molar-refractivity contribution in [2.24, 2.45) is 0 Å². The maximum atomic E-state index is 12.0. The highest BCUT2D eigenvalue weighted by Crippen LogP contribution is 2.20. The smallest absolute Gasteiger partial charge is 0.374 e. The number of hydrogen-bond acceptors (Lipinski definition) is 5. The van der Waals surface area contributed by atoms with E-state index in [0.717, 1.165) is 6.07 Å². The Hall–Kier alpha value is -2.83. The molecule has 0 saturated carbocycles. The summed E-state index contributed by atoms with van der Waals surface area (Å²) in [5.41, 5.74) is 0.561. The summed E-state index contributed by atoms with van der Waals surface area (Å²) in [7, 11) is 0. The van der Waals surface area contributed by atoms with Crippen molar-refractivity contribution in [2.45, 2.75) is 6.54 Å². The van der Waals surface area contributed by atoms with Gasteiger partial charge >= 0.3 is 5.97 Å². The molecule has 0 unspecified atom stereocenters. The molecule has 0 spiro atoms. The minimum absolute atomic E-state index is 0.150. The van der Waals surface area contributed by atoms with Gasteiger partial charge in [0.1, 0.15) is 5.58 Å². The standard InChI is InChI=1S/C19H13Cl2NO5/c20-12-6-5-11(14(21)7-12)9-22-18(24)10-26-19(25)17-8-15(23)13-3-1-2-4-16(13)27-17/h1-8H,9-10H2,(H,22,24). The minimum atomic E-state index is -0.905. The lowest BCUT2D eigenvalue weighted by Crippen LogP contribution is -2.28. The number of carbonyl (C=O) groups excluding carboxylic acids is 2. The first-order chi connectivity index (χ1) is 12.9. The van der Waals surface area contributed by atoms with E-state index < -0.39 is 18.5 Å². The average Bonchev–Trinajstić information content (AvgIpc) is 2.65. The molecule has 0 radical (unpaired) electrons. The van der Waals surface area contributed by atoms with Gasteiger partial charge in [-0.15, -0.1) is 0 Å². The second-order valence-corrected chi connectivity index (χ2v) is 6.40. The number of hydrogen-bond donors (Lipinski definition) is 1. The van der Waals surface area contributed by atoms with Crippen LogP contribution in [0.25, 0.3) is 11.0 Å². The molecule has 3 aromatic rings. The fourth-order valence-electron chi connectivity index (χ4n) is 2.32. The number of ether oxygens (including phenoxy) is 1. The van der Waals surface area contributed by atoms with Gasteiger partial charge in [0.05, 0.1) is 5.39 Å². The van der Waals surface area contributed by atoms with Gasteiger partial charge < -0.3 is 14.5 Å². The molecule has 3 rings (SSSR count). The molecular weight excluding hydrogens is 393 g/mol. The third-order valence-corrected chi connectivity index (χ3v) is 4.25. The Labute approximate surface area is 163 Å². The van der Waals surface area contributed by atoms with Gasteiger partial charge in [0.2, 0.25) is 5.76 Å². The second-order valence-electron chi connectivity index (χ2n) is 5.56. The first kappa shape index (κ1) is 18.9. The molecule has 0 atom stereocenters. The summed E-state index contributed by atoms with van der Waals surface area (Å²) in [5, 5.41) is 3.83. The highest BCUT2D eigenvalue weighted by molar-refractivity contribution is 6.35. The van der Waals surface area contributed by atoms with Crippen molar-refractivity contribution in [3.05, 3.63) is 80.1 Å². The van der Waals surface area contributed by atoms with Gasteiger partial charge in [-0.2, -0.15) is 0 Å². The van der Waals surface area contributed by atoms with E-state index in [1.54, 1.807) is 42.5 Å². The molecular formula is C19H13Cl2NO5. The highest BCUT2D eigenvalue weighted by atomic mass is 35.5. The maximum Gasteiger partial charge on any atom is 0.374 e. The van der Waals surface area contributed by atoms with E-state index in [9.17, 15) is 14.4 Å². The summed E-state index contributed by atoms with van der Waals surface area (Å²) < 4.78 is 10.3. The minimum Gasteiger partial charge on any atom is -0.450 e. The fraction of sp³-hybridized carbons (Fsp3) is 0.105. The summed E-state index contributed by atoms with van der Waals surface area (Å²) in [5.74, 6) is -1.71. The Balaban J connectivity index is 1.58. The number of rotatable bonds is 5. The number of carbonyl (C=O) groups is 2. The van der Waals surface area contributed by atoms with Crippen LogP contribution in [-0.2, 0) is 16.1 Å². The SMILES string of the molecule is O=C(COC(=O)c1cc(=O)c2ccccc2o1)NCc1ccc(Cl)cc1Cl. The van der Waals surface area contributed by atoms with E-state index in [1.807, 2.05) is 0 Å². The first-order valence-electron chi connectivity index (χ1n) is 7.84. The molecule has 138 valence electrons. The lowest BCUT2D eigenvalue weighted by Gasteiger charge is -2.08. The van der Waals surface area contributed by atoms with E-state index in [-0.39, 0.29) is 23.3 Å². The van der Waals surface area contributed by atoms with Gasteiger partial charge in [-0.05, 0) is 29.8 Å². The molecule has 0 saturated heterocycles. The van der Waals surface area contributed by atoms with Crippen LogP contribution in [0.4, 0.5) is 0 Å². The van der Waals surface area contributed by atoms with Gasteiger partial charge in [0.25, 0.3) is 5.91 Å². The number of benzene rings is 2. The van der Waals surface area contributed by atoms with E-state index in [4.69, 9.17) is 32.4 Å². The zero-order valence-electron chi connectivity index (χ0n) is 13.8. The van der Waals surface area contributed by atoms with Crippen molar-refractivity contribution in [1.29, 1.82) is 0 Å². The van der Waals surface area contributed by atoms with Gasteiger partial charge in [-0.1, -0.05) is 41.4 Å². The number of amides is 1. The topological polar surface area (TPSA) is 85.6 Å². The average molecular weight is 406 g/mol. The number of halogens is 2. The zero-order chi connectivity index (χ0) is 19.4. The van der Waals surface area contributed by atoms with Crippen molar-refractivity contribution >= 4 is 46.0 Å². The normalized spacial score (nSPS) is 10.6. The molecule has 0 fully saturated rings. The predicted octanol–water partition coefficient (Wildman–Crippen LogP) is 3.57. The van der Waals surface area contributed by atoms with Crippen LogP contribution in [0.2, 0.25) is 10.0 Å². The van der Waals surface area contributed by atoms with Gasteiger partial charge in [-0.25, -0.2) is 4.79 Å². The van der Waals surface area contributed by atoms with Crippen LogP contribution < -0.4 is 10.7 Å². The zero-order valence-corrected chi connectivity index (χ0v) is 15.3. The maximum absolute atomic E-state index is 12.0. The molecule has 1 N–H and O–H groups in total. The summed E-state index contributed by atoms with van der Waals surface area (Å²) >= 11 is 11.8. The lowest BCUT2D eigenvalue weighted by atomic mass is 10.2. The molecule has 2 aromatic carbocycles. The summed E-state index contributed by atoms with van der Waals surface area (Å²) in [4.78, 5) is 35.9. The Bertz CT molecular complexity index is 1080. The van der Waals surface area contributed by atoms with E-state index in [2.05, 4.69) is 5.32 Å². The molecule has 6 nitrogen and oxygen atoms in total. The third-order valence-electron chi connectivity index (χ3n) is 3.66. The van der Waals surface area contributed by atoms with E-state index >= 15 is 0 Å². The van der Waals surface area contributed by atoms with Crippen LogP contribution >= 0.6 is 23.2 Å². The predicted molar refractivity (Wildman–Crippen MR) is 101 cm³/mol. The Morgan fingerprint density at radius 2 is 1.85 bits per heavy atom. The monoisotopic (exact) mass is 405 g/mol. The third kappa shape index (κ3) is 4.67. The van der Waals surface area contributed by atoms with E-state index in [1.165, 1.54) is 0 Å². The number of esters is 1. The van der Waals surface area contributed by atoms with Crippen molar-refractivity contribution in [3.8, 4) is 0 Å². The molecule has 1 heterocycles. The van der Waals surface area contributed by atoms with Crippen LogP contribution in [0.5, 0.6) is 0 Å². The van der Waals surface area contributed by atoms with Crippen molar-refractivity contribution in [3.63, 3.8) is 0 Å². The summed E-state index contributed by atoms with van der Waals surface area (Å²) in [6, 6.07) is 12.5. The first-order valence-corrected chi connectivity index (χ1v) is 8.60. The number of para-hydroxylation sites is 1. The Morgan fingerprint density at radius 3 is 2.63 bits per heavy atom. The fourth-order valence-corrected chi connectivity index (χ4v) is 2.79. The molecule has 0 aliphatic heterocycles. The molecule has 0 aliphatic rings. The highest BCUT2D eigenvalue weighted by Gasteiger charge is 2.15. The second kappa shape index (κ2) is 8.24. The quantitative estimate of drug-likeness (QED) is 0.655. The van der Waals surface area contributed by atoms with Crippen LogP contribution in [0.1, 0.15) is 16.1 Å². The molecule has 8 heteroatoms.